The van der Waals surface area contributed by atoms with Gasteiger partial charge in [-0.15, -0.1) is 5.10 Å². The van der Waals surface area contributed by atoms with E-state index in [0.717, 1.165) is 0 Å². The highest BCUT2D eigenvalue weighted by atomic mass is 35.5. The molecule has 0 aliphatic rings. The fraction of sp³-hybridized carbons (Fsp3) is 0.200. The number of fused-ring (bicyclic) bond motifs is 1. The van der Waals surface area contributed by atoms with Gasteiger partial charge in [-0.1, -0.05) is 5.21 Å². The summed E-state index contributed by atoms with van der Waals surface area (Å²) in [7, 11) is 1.71. The molecular weight excluding hydrogens is 180 g/mol. The van der Waals surface area contributed by atoms with Gasteiger partial charge in [0.2, 0.25) is 5.28 Å². The van der Waals surface area contributed by atoms with E-state index in [1.54, 1.807) is 7.05 Å². The van der Waals surface area contributed by atoms with Crippen LogP contribution in [-0.4, -0.2) is 25.0 Å². The molecule has 2 aromatic heterocycles. The lowest BCUT2D eigenvalue weighted by molar-refractivity contribution is 0.729. The highest BCUT2D eigenvalue weighted by Gasteiger charge is 2.08. The van der Waals surface area contributed by atoms with Gasteiger partial charge >= 0.3 is 0 Å². The average Bonchev–Trinajstić information content (AvgIpc) is 2.33. The summed E-state index contributed by atoms with van der Waals surface area (Å²) in [5.41, 5.74) is 6.53. The third-order valence-corrected chi connectivity index (χ3v) is 1.62. The summed E-state index contributed by atoms with van der Waals surface area (Å²) in [6.07, 6.45) is 0. The molecule has 0 fully saturated rings. The lowest BCUT2D eigenvalue weighted by atomic mass is 10.5. The maximum atomic E-state index is 5.58. The number of anilines is 1. The molecule has 0 saturated carbocycles. The van der Waals surface area contributed by atoms with Crippen molar-refractivity contribution in [2.24, 2.45) is 7.05 Å². The van der Waals surface area contributed by atoms with Crippen molar-refractivity contribution in [2.75, 3.05) is 5.73 Å². The zero-order chi connectivity index (χ0) is 8.72. The van der Waals surface area contributed by atoms with Gasteiger partial charge < -0.3 is 5.73 Å². The van der Waals surface area contributed by atoms with Crippen molar-refractivity contribution in [2.45, 2.75) is 0 Å². The van der Waals surface area contributed by atoms with Crippen LogP contribution >= 0.6 is 11.6 Å². The number of aryl methyl sites for hydroxylation is 1. The van der Waals surface area contributed by atoms with E-state index in [4.69, 9.17) is 17.3 Å². The number of nitrogen functional groups attached to an aromatic ring is 1. The normalized spacial score (nSPS) is 10.8. The largest absolute Gasteiger partial charge is 0.382 e. The molecule has 2 rings (SSSR count). The van der Waals surface area contributed by atoms with Crippen molar-refractivity contribution in [1.82, 2.24) is 25.0 Å². The Balaban J connectivity index is 2.92. The number of halogens is 1. The summed E-state index contributed by atoms with van der Waals surface area (Å²) < 4.78 is 1.49. The quantitative estimate of drug-likeness (QED) is 0.583. The summed E-state index contributed by atoms with van der Waals surface area (Å²) >= 11 is 5.58. The molecule has 0 bridgehead atoms. The Morgan fingerprint density at radius 3 is 2.92 bits per heavy atom. The minimum atomic E-state index is 0.102. The smallest absolute Gasteiger partial charge is 0.226 e. The van der Waals surface area contributed by atoms with Gasteiger partial charge in [0.05, 0.1) is 0 Å². The number of aromatic nitrogens is 5. The van der Waals surface area contributed by atoms with Crippen LogP contribution in [0.25, 0.3) is 11.2 Å². The van der Waals surface area contributed by atoms with Crippen molar-refractivity contribution in [1.29, 1.82) is 0 Å². The van der Waals surface area contributed by atoms with Crippen molar-refractivity contribution >= 4 is 28.6 Å². The zero-order valence-electron chi connectivity index (χ0n) is 6.19. The Bertz CT molecular complexity index is 435. The molecule has 62 valence electrons. The average molecular weight is 185 g/mol. The van der Waals surface area contributed by atoms with Gasteiger partial charge in [-0.25, -0.2) is 4.68 Å². The first-order valence-corrected chi connectivity index (χ1v) is 3.54. The molecule has 2 aromatic rings. The summed E-state index contributed by atoms with van der Waals surface area (Å²) in [4.78, 5) is 7.64. The van der Waals surface area contributed by atoms with E-state index in [1.165, 1.54) is 4.68 Å². The lowest BCUT2D eigenvalue weighted by Crippen LogP contribution is -1.96. The van der Waals surface area contributed by atoms with Crippen LogP contribution in [0.5, 0.6) is 0 Å². The van der Waals surface area contributed by atoms with Gasteiger partial charge in [0.1, 0.15) is 0 Å². The van der Waals surface area contributed by atoms with E-state index in [9.17, 15) is 0 Å². The molecule has 0 spiro atoms. The van der Waals surface area contributed by atoms with Gasteiger partial charge in [0, 0.05) is 7.05 Å². The molecular formula is C5H5ClN6. The predicted molar refractivity (Wildman–Crippen MR) is 43.5 cm³/mol. The molecule has 0 amide bonds. The molecule has 12 heavy (non-hydrogen) atoms. The molecule has 0 unspecified atom stereocenters. The minimum Gasteiger partial charge on any atom is -0.382 e. The summed E-state index contributed by atoms with van der Waals surface area (Å²) in [6, 6.07) is 0. The maximum Gasteiger partial charge on any atom is 0.226 e. The van der Waals surface area contributed by atoms with E-state index in [2.05, 4.69) is 20.3 Å². The Morgan fingerprint density at radius 1 is 1.42 bits per heavy atom. The Labute approximate surface area is 72.4 Å². The van der Waals surface area contributed by atoms with Crippen molar-refractivity contribution in [3.63, 3.8) is 0 Å². The first-order valence-electron chi connectivity index (χ1n) is 3.17. The van der Waals surface area contributed by atoms with Crippen molar-refractivity contribution in [3.05, 3.63) is 5.28 Å². The van der Waals surface area contributed by atoms with Crippen molar-refractivity contribution in [3.8, 4) is 0 Å². The van der Waals surface area contributed by atoms with E-state index < -0.39 is 0 Å². The van der Waals surface area contributed by atoms with Gasteiger partial charge in [-0.05, 0) is 11.6 Å². The third kappa shape index (κ3) is 0.884. The van der Waals surface area contributed by atoms with Crippen LogP contribution in [0.15, 0.2) is 0 Å². The Morgan fingerprint density at radius 2 is 2.17 bits per heavy atom. The van der Waals surface area contributed by atoms with Crippen LogP contribution in [-0.2, 0) is 7.05 Å². The molecule has 6 nitrogen and oxygen atoms in total. The van der Waals surface area contributed by atoms with E-state index in [1.807, 2.05) is 0 Å². The Kier molecular flexibility index (Phi) is 1.37. The molecule has 0 saturated heterocycles. The monoisotopic (exact) mass is 184 g/mol. The lowest BCUT2D eigenvalue weighted by Gasteiger charge is -1.94. The summed E-state index contributed by atoms with van der Waals surface area (Å²) in [6.45, 7) is 0. The highest BCUT2D eigenvalue weighted by molar-refractivity contribution is 6.28. The number of nitrogens with two attached hydrogens (primary N) is 1. The first-order chi connectivity index (χ1) is 5.68. The van der Waals surface area contributed by atoms with Gasteiger partial charge in [0.15, 0.2) is 17.0 Å². The minimum absolute atomic E-state index is 0.102. The molecule has 0 aliphatic heterocycles. The van der Waals surface area contributed by atoms with Crippen LogP contribution < -0.4 is 5.73 Å². The van der Waals surface area contributed by atoms with E-state index in [0.29, 0.717) is 11.2 Å². The van der Waals surface area contributed by atoms with Crippen LogP contribution in [0.4, 0.5) is 5.82 Å². The standard InChI is InChI=1S/C5H5ClN6/c1-12-4-2(10-11-12)3(7)8-5(6)9-4/h1H3,(H2,7,8,9). The van der Waals surface area contributed by atoms with Gasteiger partial charge in [0.25, 0.3) is 0 Å². The molecule has 0 aromatic carbocycles. The van der Waals surface area contributed by atoms with Gasteiger partial charge in [-0.3, -0.25) is 0 Å². The topological polar surface area (TPSA) is 82.5 Å². The molecule has 2 heterocycles. The number of hydrogen-bond donors (Lipinski definition) is 1. The van der Waals surface area contributed by atoms with Crippen LogP contribution in [0.1, 0.15) is 0 Å². The second kappa shape index (κ2) is 2.28. The maximum absolute atomic E-state index is 5.58. The third-order valence-electron chi connectivity index (χ3n) is 1.45. The van der Waals surface area contributed by atoms with Crippen molar-refractivity contribution < 1.29 is 0 Å². The van der Waals surface area contributed by atoms with Crippen LogP contribution in [0, 0.1) is 0 Å². The fourth-order valence-electron chi connectivity index (χ4n) is 0.908. The molecule has 0 radical (unpaired) electrons. The molecule has 0 atom stereocenters. The number of rotatable bonds is 0. The van der Waals surface area contributed by atoms with Gasteiger partial charge in [-0.2, -0.15) is 9.97 Å². The zero-order valence-corrected chi connectivity index (χ0v) is 6.95. The summed E-state index contributed by atoms with van der Waals surface area (Å²) in [5, 5.41) is 7.59. The molecule has 7 heteroatoms. The predicted octanol–water partition coefficient (Wildman–Crippen LogP) is -0.00610. The second-order valence-corrected chi connectivity index (χ2v) is 2.60. The first kappa shape index (κ1) is 7.23. The highest BCUT2D eigenvalue weighted by Crippen LogP contribution is 2.15. The number of hydrogen-bond acceptors (Lipinski definition) is 5. The molecule has 2 N–H and O–H groups in total. The second-order valence-electron chi connectivity index (χ2n) is 2.26. The summed E-state index contributed by atoms with van der Waals surface area (Å²) in [5.74, 6) is 0.248. The van der Waals surface area contributed by atoms with E-state index in [-0.39, 0.29) is 11.1 Å². The number of nitrogens with zero attached hydrogens (tertiary/aromatic N) is 5. The SMILES string of the molecule is Cn1nnc2c(N)nc(Cl)nc21. The molecule has 0 aliphatic carbocycles. The van der Waals surface area contributed by atoms with E-state index >= 15 is 0 Å². The van der Waals surface area contributed by atoms with Crippen LogP contribution in [0.2, 0.25) is 5.28 Å². The fourth-order valence-corrected chi connectivity index (χ4v) is 1.08. The van der Waals surface area contributed by atoms with Crippen LogP contribution in [0.3, 0.4) is 0 Å². The Hall–Kier alpha value is -1.43.